The van der Waals surface area contributed by atoms with Crippen LogP contribution in [0.3, 0.4) is 0 Å². The Morgan fingerprint density at radius 1 is 1.31 bits per heavy atom. The van der Waals surface area contributed by atoms with E-state index in [9.17, 15) is 9.59 Å². The molecule has 0 unspecified atom stereocenters. The highest BCUT2D eigenvalue weighted by atomic mass is 16.2. The van der Waals surface area contributed by atoms with E-state index in [1.54, 1.807) is 6.20 Å². The van der Waals surface area contributed by atoms with Crippen LogP contribution in [0.15, 0.2) is 24.5 Å². The molecule has 2 fully saturated rings. The average molecular weight is 357 g/mol. The van der Waals surface area contributed by atoms with Crippen molar-refractivity contribution in [3.63, 3.8) is 0 Å². The van der Waals surface area contributed by atoms with Gasteiger partial charge in [-0.25, -0.2) is 0 Å². The Morgan fingerprint density at radius 3 is 2.88 bits per heavy atom. The summed E-state index contributed by atoms with van der Waals surface area (Å²) in [6.07, 6.45) is 8.83. The molecular formula is C21H31N3O2. The summed E-state index contributed by atoms with van der Waals surface area (Å²) in [6, 6.07) is 3.93. The summed E-state index contributed by atoms with van der Waals surface area (Å²) in [7, 11) is 0. The van der Waals surface area contributed by atoms with Crippen molar-refractivity contribution >= 4 is 11.8 Å². The summed E-state index contributed by atoms with van der Waals surface area (Å²) < 4.78 is 0. The minimum Gasteiger partial charge on any atom is -0.342 e. The highest BCUT2D eigenvalue weighted by Gasteiger charge is 2.42. The van der Waals surface area contributed by atoms with E-state index in [4.69, 9.17) is 0 Å². The average Bonchev–Trinajstić information content (AvgIpc) is 2.64. The number of carbonyl (C=O) groups excluding carboxylic acids is 2. The largest absolute Gasteiger partial charge is 0.342 e. The third-order valence-corrected chi connectivity index (χ3v) is 5.79. The van der Waals surface area contributed by atoms with Crippen LogP contribution in [0.2, 0.25) is 0 Å². The fourth-order valence-electron chi connectivity index (χ4n) is 4.28. The van der Waals surface area contributed by atoms with E-state index in [0.717, 1.165) is 50.9 Å². The molecule has 0 saturated carbocycles. The van der Waals surface area contributed by atoms with Gasteiger partial charge in [-0.05, 0) is 43.2 Å². The van der Waals surface area contributed by atoms with Gasteiger partial charge in [-0.15, -0.1) is 0 Å². The Hall–Kier alpha value is -1.91. The summed E-state index contributed by atoms with van der Waals surface area (Å²) in [6.45, 7) is 7.38. The monoisotopic (exact) mass is 357 g/mol. The molecule has 0 aromatic carbocycles. The Labute approximate surface area is 156 Å². The number of amides is 2. The summed E-state index contributed by atoms with van der Waals surface area (Å²) in [5.74, 6) is 1.07. The second-order valence-electron chi connectivity index (χ2n) is 8.46. The van der Waals surface area contributed by atoms with Gasteiger partial charge in [-0.1, -0.05) is 19.9 Å². The molecule has 2 saturated heterocycles. The predicted octanol–water partition coefficient (Wildman–Crippen LogP) is 3.25. The van der Waals surface area contributed by atoms with Gasteiger partial charge in [-0.3, -0.25) is 14.6 Å². The molecule has 1 atom stereocenters. The highest BCUT2D eigenvalue weighted by molar-refractivity contribution is 5.78. The maximum Gasteiger partial charge on any atom is 0.222 e. The van der Waals surface area contributed by atoms with Crippen molar-refractivity contribution in [2.24, 2.45) is 11.3 Å². The van der Waals surface area contributed by atoms with Gasteiger partial charge < -0.3 is 9.80 Å². The van der Waals surface area contributed by atoms with Crippen LogP contribution in [0, 0.1) is 11.3 Å². The molecule has 0 aliphatic carbocycles. The quantitative estimate of drug-likeness (QED) is 0.813. The van der Waals surface area contributed by atoms with Crippen LogP contribution in [-0.4, -0.2) is 46.2 Å². The number of hydrogen-bond acceptors (Lipinski definition) is 3. The van der Waals surface area contributed by atoms with Crippen molar-refractivity contribution in [2.75, 3.05) is 19.6 Å². The van der Waals surface area contributed by atoms with E-state index < -0.39 is 0 Å². The number of hydrogen-bond donors (Lipinski definition) is 0. The molecule has 5 heteroatoms. The molecule has 1 spiro atoms. The fraction of sp³-hybridized carbons (Fsp3) is 0.667. The van der Waals surface area contributed by atoms with Crippen LogP contribution in [-0.2, 0) is 16.1 Å². The minimum atomic E-state index is 0.0713. The molecule has 3 heterocycles. The molecule has 0 bridgehead atoms. The molecular weight excluding hydrogens is 326 g/mol. The van der Waals surface area contributed by atoms with Crippen molar-refractivity contribution in [3.8, 4) is 0 Å². The van der Waals surface area contributed by atoms with Crippen molar-refractivity contribution < 1.29 is 9.59 Å². The molecule has 2 amide bonds. The molecule has 1 aromatic rings. The smallest absolute Gasteiger partial charge is 0.222 e. The van der Waals surface area contributed by atoms with Gasteiger partial charge in [0.1, 0.15) is 0 Å². The zero-order chi connectivity index (χ0) is 18.6. The number of pyridine rings is 1. The summed E-state index contributed by atoms with van der Waals surface area (Å²) in [5, 5.41) is 0. The lowest BCUT2D eigenvalue weighted by Crippen LogP contribution is -2.54. The van der Waals surface area contributed by atoms with E-state index in [2.05, 4.69) is 23.7 Å². The van der Waals surface area contributed by atoms with Gasteiger partial charge in [0, 0.05) is 56.8 Å². The van der Waals surface area contributed by atoms with Gasteiger partial charge in [-0.2, -0.15) is 0 Å². The first-order chi connectivity index (χ1) is 12.5. The fourth-order valence-corrected chi connectivity index (χ4v) is 4.28. The first kappa shape index (κ1) is 18.9. The van der Waals surface area contributed by atoms with Crippen molar-refractivity contribution in [1.29, 1.82) is 0 Å². The molecule has 0 radical (unpaired) electrons. The van der Waals surface area contributed by atoms with Gasteiger partial charge in [0.05, 0.1) is 0 Å². The second-order valence-corrected chi connectivity index (χ2v) is 8.46. The summed E-state index contributed by atoms with van der Waals surface area (Å²) >= 11 is 0. The molecule has 2 aliphatic heterocycles. The molecule has 142 valence electrons. The Bertz CT molecular complexity index is 631. The van der Waals surface area contributed by atoms with Gasteiger partial charge in [0.15, 0.2) is 0 Å². The lowest BCUT2D eigenvalue weighted by molar-refractivity contribution is -0.143. The molecule has 3 rings (SSSR count). The number of carbonyl (C=O) groups is 2. The molecule has 1 aromatic heterocycles. The van der Waals surface area contributed by atoms with E-state index in [-0.39, 0.29) is 17.2 Å². The first-order valence-corrected chi connectivity index (χ1v) is 9.92. The van der Waals surface area contributed by atoms with E-state index in [1.165, 1.54) is 0 Å². The maximum atomic E-state index is 12.6. The maximum absolute atomic E-state index is 12.6. The van der Waals surface area contributed by atoms with Crippen molar-refractivity contribution in [2.45, 2.75) is 58.9 Å². The standard InChI is InChI=1S/C21H31N3O2/c1-17(2)6-7-19(25)23-12-4-9-21(15-23)10-8-20(26)24(16-21)14-18-5-3-11-22-13-18/h3,5,11,13,17H,4,6-10,12,14-16H2,1-2H3/t21-/m0/s1. The topological polar surface area (TPSA) is 53.5 Å². The number of rotatable bonds is 5. The van der Waals surface area contributed by atoms with Gasteiger partial charge >= 0.3 is 0 Å². The van der Waals surface area contributed by atoms with Gasteiger partial charge in [0.25, 0.3) is 0 Å². The van der Waals surface area contributed by atoms with Crippen molar-refractivity contribution in [3.05, 3.63) is 30.1 Å². The van der Waals surface area contributed by atoms with Crippen LogP contribution < -0.4 is 0 Å². The summed E-state index contributed by atoms with van der Waals surface area (Å²) in [5.41, 5.74) is 1.14. The van der Waals surface area contributed by atoms with Crippen LogP contribution in [0.25, 0.3) is 0 Å². The van der Waals surface area contributed by atoms with Crippen LogP contribution in [0.5, 0.6) is 0 Å². The van der Waals surface area contributed by atoms with E-state index in [0.29, 0.717) is 25.3 Å². The SMILES string of the molecule is CC(C)CCC(=O)N1CCC[C@]2(CCC(=O)N(Cc3cccnc3)C2)C1. The van der Waals surface area contributed by atoms with Crippen LogP contribution in [0.4, 0.5) is 0 Å². The summed E-state index contributed by atoms with van der Waals surface area (Å²) in [4.78, 5) is 33.2. The Kier molecular flexibility index (Phi) is 5.94. The third kappa shape index (κ3) is 4.63. The van der Waals surface area contributed by atoms with Crippen molar-refractivity contribution in [1.82, 2.24) is 14.8 Å². The minimum absolute atomic E-state index is 0.0713. The molecule has 5 nitrogen and oxygen atoms in total. The lowest BCUT2D eigenvalue weighted by Gasteiger charge is -2.48. The predicted molar refractivity (Wildman–Crippen MR) is 101 cm³/mol. The third-order valence-electron chi connectivity index (χ3n) is 5.79. The van der Waals surface area contributed by atoms with Crippen LogP contribution >= 0.6 is 0 Å². The zero-order valence-electron chi connectivity index (χ0n) is 16.1. The molecule has 2 aliphatic rings. The number of piperidine rings is 2. The zero-order valence-corrected chi connectivity index (χ0v) is 16.1. The van der Waals surface area contributed by atoms with Gasteiger partial charge in [0.2, 0.25) is 11.8 Å². The Balaban J connectivity index is 1.64. The van der Waals surface area contributed by atoms with E-state index >= 15 is 0 Å². The Morgan fingerprint density at radius 2 is 2.15 bits per heavy atom. The molecule has 26 heavy (non-hydrogen) atoms. The second kappa shape index (κ2) is 8.19. The first-order valence-electron chi connectivity index (χ1n) is 9.92. The lowest BCUT2D eigenvalue weighted by atomic mass is 9.73. The van der Waals surface area contributed by atoms with Crippen LogP contribution in [0.1, 0.15) is 57.9 Å². The molecule has 0 N–H and O–H groups in total. The van der Waals surface area contributed by atoms with E-state index in [1.807, 2.05) is 23.2 Å². The highest BCUT2D eigenvalue weighted by Crippen LogP contribution is 2.39. The number of likely N-dealkylation sites (tertiary alicyclic amines) is 2. The normalized spacial score (nSPS) is 23.7. The number of aromatic nitrogens is 1. The number of nitrogens with zero attached hydrogens (tertiary/aromatic N) is 3.